The zero-order valence-corrected chi connectivity index (χ0v) is 13.5. The van der Waals surface area contributed by atoms with Crippen LogP contribution < -0.4 is 0 Å². The molecule has 0 spiro atoms. The molecular weight excluding hydrogens is 324 g/mol. The molecule has 1 N–H and O–H groups in total. The second-order valence-electron chi connectivity index (χ2n) is 4.55. The summed E-state index contributed by atoms with van der Waals surface area (Å²) in [5.74, 6) is -0.523. The van der Waals surface area contributed by atoms with Gasteiger partial charge < -0.3 is 14.6 Å². The highest BCUT2D eigenvalue weighted by Crippen LogP contribution is 2.08. The van der Waals surface area contributed by atoms with E-state index in [1.165, 1.54) is 0 Å². The third-order valence-electron chi connectivity index (χ3n) is 2.79. The van der Waals surface area contributed by atoms with Gasteiger partial charge in [0.25, 0.3) is 0 Å². The molecule has 0 saturated carbocycles. The zero-order valence-electron chi connectivity index (χ0n) is 13.5. The first-order valence-corrected chi connectivity index (χ1v) is 7.34. The molecule has 0 saturated heterocycles. The van der Waals surface area contributed by atoms with E-state index in [1.807, 2.05) is 60.7 Å². The van der Waals surface area contributed by atoms with Crippen molar-refractivity contribution in [2.45, 2.75) is 0 Å². The first-order chi connectivity index (χ1) is 12.0. The van der Waals surface area contributed by atoms with Gasteiger partial charge in [0.05, 0.1) is 0 Å². The Hall–Kier alpha value is -3.41. The second kappa shape index (κ2) is 11.2. The van der Waals surface area contributed by atoms with Crippen LogP contribution in [0.5, 0.6) is 0 Å². The number of hydrogen-bond donors (Lipinski definition) is 1. The van der Waals surface area contributed by atoms with Gasteiger partial charge in [-0.05, 0) is 0 Å². The number of benzene rings is 2. The van der Waals surface area contributed by atoms with E-state index < -0.39 is 12.1 Å². The van der Waals surface area contributed by atoms with Crippen LogP contribution in [0.15, 0.2) is 73.3 Å². The summed E-state index contributed by atoms with van der Waals surface area (Å²) in [4.78, 5) is 31.9. The van der Waals surface area contributed by atoms with Crippen LogP contribution in [0.2, 0.25) is 0 Å². The molecule has 0 aliphatic carbocycles. The van der Waals surface area contributed by atoms with E-state index in [4.69, 9.17) is 5.11 Å². The van der Waals surface area contributed by atoms with E-state index in [0.717, 1.165) is 17.2 Å². The largest absolute Gasteiger partial charge is 0.505 e. The molecule has 2 aromatic rings. The maximum atomic E-state index is 11.8. The van der Waals surface area contributed by atoms with Gasteiger partial charge >= 0.3 is 12.1 Å². The maximum Gasteiger partial charge on any atom is 0.505 e. The highest BCUT2D eigenvalue weighted by atomic mass is 16.7. The van der Waals surface area contributed by atoms with Gasteiger partial charge in [-0.3, -0.25) is 4.79 Å². The fourth-order valence-electron chi connectivity index (χ4n) is 1.68. The Morgan fingerprint density at radius 1 is 0.840 bits per heavy atom. The fourth-order valence-corrected chi connectivity index (χ4v) is 1.68. The quantitative estimate of drug-likeness (QED) is 0.375. The number of rotatable bonds is 6. The van der Waals surface area contributed by atoms with Crippen LogP contribution in [-0.2, 0) is 14.3 Å². The average Bonchev–Trinajstić information content (AvgIpc) is 2.66. The summed E-state index contributed by atoms with van der Waals surface area (Å²) in [5.41, 5.74) is 1.47. The Morgan fingerprint density at radius 3 is 1.68 bits per heavy atom. The highest BCUT2D eigenvalue weighted by molar-refractivity contribution is 6.08. The summed E-state index contributed by atoms with van der Waals surface area (Å²) in [6, 6.07) is 18.6. The van der Waals surface area contributed by atoms with Crippen molar-refractivity contribution in [2.24, 2.45) is 0 Å². The number of carbonyl (C=O) groups is 3. The van der Waals surface area contributed by atoms with Crippen LogP contribution >= 0.6 is 0 Å². The van der Waals surface area contributed by atoms with Crippen LogP contribution in [0, 0.1) is 0 Å². The molecule has 0 aliphatic rings. The van der Waals surface area contributed by atoms with E-state index in [9.17, 15) is 14.4 Å². The minimum absolute atomic E-state index is 0.0752. The predicted octanol–water partition coefficient (Wildman–Crippen LogP) is 3.33. The topological polar surface area (TPSA) is 89.9 Å². The Bertz CT molecular complexity index is 653. The molecule has 2 rings (SSSR count). The smallest absolute Gasteiger partial charge is 0.459 e. The Balaban J connectivity index is 0.000000260. The molecule has 0 aromatic heterocycles. The average molecular weight is 342 g/mol. The molecule has 2 aromatic carbocycles. The summed E-state index contributed by atoms with van der Waals surface area (Å²) in [5, 5.41) is 7.95. The Labute approximate surface area is 145 Å². The van der Waals surface area contributed by atoms with Crippen LogP contribution in [-0.4, -0.2) is 36.2 Å². The second-order valence-corrected chi connectivity index (χ2v) is 4.55. The van der Waals surface area contributed by atoms with Crippen LogP contribution in [0.4, 0.5) is 4.79 Å². The molecule has 0 radical (unpaired) electrons. The minimum atomic E-state index is -1.39. The fraction of sp³-hybridized carbons (Fsp3) is 0.105. The number of hydrogen-bond acceptors (Lipinski definition) is 5. The number of carboxylic acid groups (broad SMARTS) is 1. The van der Waals surface area contributed by atoms with Crippen molar-refractivity contribution < 1.29 is 29.0 Å². The van der Waals surface area contributed by atoms with E-state index >= 15 is 0 Å². The summed E-state index contributed by atoms with van der Waals surface area (Å²) < 4.78 is 8.44. The van der Waals surface area contributed by atoms with Crippen molar-refractivity contribution >= 4 is 17.9 Å². The van der Waals surface area contributed by atoms with Gasteiger partial charge in [0.2, 0.25) is 0 Å². The molecule has 0 bridgehead atoms. The SMILES string of the molecule is C=CC(=O)OCCOC(=O)O.O=C(c1ccccc1)c1ccccc1. The van der Waals surface area contributed by atoms with Gasteiger partial charge in [-0.2, -0.15) is 0 Å². The molecule has 6 nitrogen and oxygen atoms in total. The molecule has 130 valence electrons. The van der Waals surface area contributed by atoms with Crippen molar-refractivity contribution in [1.29, 1.82) is 0 Å². The Kier molecular flexibility index (Phi) is 8.78. The number of ether oxygens (including phenoxy) is 2. The van der Waals surface area contributed by atoms with E-state index in [-0.39, 0.29) is 19.0 Å². The van der Waals surface area contributed by atoms with E-state index in [2.05, 4.69) is 16.1 Å². The van der Waals surface area contributed by atoms with Gasteiger partial charge in [-0.25, -0.2) is 9.59 Å². The molecular formula is C19H18O6. The molecule has 0 heterocycles. The number of ketones is 1. The van der Waals surface area contributed by atoms with Crippen LogP contribution in [0.3, 0.4) is 0 Å². The van der Waals surface area contributed by atoms with Gasteiger partial charge in [-0.15, -0.1) is 0 Å². The predicted molar refractivity (Wildman–Crippen MR) is 91.4 cm³/mol. The number of esters is 1. The monoisotopic (exact) mass is 342 g/mol. The van der Waals surface area contributed by atoms with Crippen molar-refractivity contribution in [3.05, 3.63) is 84.4 Å². The molecule has 6 heteroatoms. The van der Waals surface area contributed by atoms with Crippen molar-refractivity contribution in [3.8, 4) is 0 Å². The van der Waals surface area contributed by atoms with E-state index in [1.54, 1.807) is 0 Å². The Morgan fingerprint density at radius 2 is 1.28 bits per heavy atom. The molecule has 0 unspecified atom stereocenters. The van der Waals surface area contributed by atoms with Gasteiger partial charge in [0, 0.05) is 17.2 Å². The van der Waals surface area contributed by atoms with Gasteiger partial charge in [0.15, 0.2) is 5.78 Å². The summed E-state index contributed by atoms with van der Waals surface area (Å²) in [6.07, 6.45) is -0.402. The zero-order chi connectivity index (χ0) is 18.5. The van der Waals surface area contributed by atoms with Crippen LogP contribution in [0.25, 0.3) is 0 Å². The maximum absolute atomic E-state index is 11.8. The first-order valence-electron chi connectivity index (χ1n) is 7.34. The standard InChI is InChI=1S/C13H10O.C6H8O5/c14-13(11-7-3-1-4-8-11)12-9-5-2-6-10-12;1-2-5(7)10-3-4-11-6(8)9/h1-10H;2H,1,3-4H2,(H,8,9). The molecule has 0 atom stereocenters. The molecule has 0 fully saturated rings. The van der Waals surface area contributed by atoms with Crippen molar-refractivity contribution in [3.63, 3.8) is 0 Å². The molecule has 25 heavy (non-hydrogen) atoms. The summed E-state index contributed by atoms with van der Waals surface area (Å²) in [7, 11) is 0. The molecule has 0 amide bonds. The van der Waals surface area contributed by atoms with Crippen LogP contribution in [0.1, 0.15) is 15.9 Å². The lowest BCUT2D eigenvalue weighted by Gasteiger charge is -1.99. The number of carbonyl (C=O) groups excluding carboxylic acids is 2. The minimum Gasteiger partial charge on any atom is -0.459 e. The lowest BCUT2D eigenvalue weighted by atomic mass is 10.0. The third-order valence-corrected chi connectivity index (χ3v) is 2.79. The normalized spacial score (nSPS) is 9.12. The first kappa shape index (κ1) is 19.6. The lowest BCUT2D eigenvalue weighted by Crippen LogP contribution is -2.10. The van der Waals surface area contributed by atoms with E-state index in [0.29, 0.717) is 0 Å². The van der Waals surface area contributed by atoms with Gasteiger partial charge in [0.1, 0.15) is 13.2 Å². The molecule has 0 aliphatic heterocycles. The summed E-state index contributed by atoms with van der Waals surface area (Å²) in [6.45, 7) is 2.90. The van der Waals surface area contributed by atoms with Crippen molar-refractivity contribution in [2.75, 3.05) is 13.2 Å². The van der Waals surface area contributed by atoms with Gasteiger partial charge in [-0.1, -0.05) is 67.2 Å². The lowest BCUT2D eigenvalue weighted by molar-refractivity contribution is -0.138. The summed E-state index contributed by atoms with van der Waals surface area (Å²) >= 11 is 0. The highest BCUT2D eigenvalue weighted by Gasteiger charge is 2.06. The third kappa shape index (κ3) is 8.13. The van der Waals surface area contributed by atoms with Crippen molar-refractivity contribution in [1.82, 2.24) is 0 Å².